The van der Waals surface area contributed by atoms with Gasteiger partial charge in [0.05, 0.1) is 29.3 Å². The van der Waals surface area contributed by atoms with Crippen molar-refractivity contribution < 1.29 is 9.53 Å². The fraction of sp³-hybridized carbons (Fsp3) is 0.571. The summed E-state index contributed by atoms with van der Waals surface area (Å²) in [4.78, 5) is 29.9. The third-order valence-electron chi connectivity index (χ3n) is 4.92. The third-order valence-corrected chi connectivity index (χ3v) is 5.90. The first kappa shape index (κ1) is 20.9. The van der Waals surface area contributed by atoms with Gasteiger partial charge >= 0.3 is 0 Å². The number of unbranched alkanes of at least 4 members (excludes halogenated alkanes) is 3. The zero-order valence-electron chi connectivity index (χ0n) is 16.5. The molecule has 2 heterocycles. The van der Waals surface area contributed by atoms with Crippen LogP contribution in [0, 0.1) is 0 Å². The van der Waals surface area contributed by atoms with Crippen LogP contribution in [0.25, 0.3) is 10.9 Å². The highest BCUT2D eigenvalue weighted by molar-refractivity contribution is 7.99. The van der Waals surface area contributed by atoms with Crippen LogP contribution in [0.1, 0.15) is 45.4 Å². The van der Waals surface area contributed by atoms with Gasteiger partial charge in [-0.25, -0.2) is 4.98 Å². The molecule has 0 unspecified atom stereocenters. The van der Waals surface area contributed by atoms with Gasteiger partial charge in [0.15, 0.2) is 5.16 Å². The highest BCUT2D eigenvalue weighted by Gasteiger charge is 2.20. The van der Waals surface area contributed by atoms with Crippen LogP contribution in [-0.4, -0.2) is 40.5 Å². The second-order valence-electron chi connectivity index (χ2n) is 7.16. The van der Waals surface area contributed by atoms with Gasteiger partial charge in [0.2, 0.25) is 5.91 Å². The lowest BCUT2D eigenvalue weighted by molar-refractivity contribution is -0.118. The lowest BCUT2D eigenvalue weighted by atomic mass is 10.2. The van der Waals surface area contributed by atoms with E-state index in [0.717, 1.165) is 32.3 Å². The fourth-order valence-corrected chi connectivity index (χ4v) is 4.21. The van der Waals surface area contributed by atoms with Crippen LogP contribution in [0.2, 0.25) is 0 Å². The van der Waals surface area contributed by atoms with Gasteiger partial charge in [-0.15, -0.1) is 0 Å². The average Bonchev–Trinajstić information content (AvgIpc) is 3.22. The molecule has 1 aromatic heterocycles. The topological polar surface area (TPSA) is 73.2 Å². The van der Waals surface area contributed by atoms with Crippen LogP contribution in [0.15, 0.2) is 34.2 Å². The Balaban J connectivity index is 1.69. The molecule has 0 radical (unpaired) electrons. The largest absolute Gasteiger partial charge is 0.376 e. The number of fused-ring (bicyclic) bond motifs is 1. The fourth-order valence-electron chi connectivity index (χ4n) is 3.37. The standard InChI is InChI=1S/C21H29N3O3S/c1-2-3-4-7-12-22-19(25)15-28-21-23-18-11-6-5-10-17(18)20(26)24(21)14-16-9-8-13-27-16/h5-6,10-11,16H,2-4,7-9,12-15H2,1H3,(H,22,25)/t16-/m0/s1. The van der Waals surface area contributed by atoms with Crippen LogP contribution < -0.4 is 10.9 Å². The average molecular weight is 404 g/mol. The Morgan fingerprint density at radius 3 is 2.96 bits per heavy atom. The minimum atomic E-state index is -0.0661. The van der Waals surface area contributed by atoms with Crippen molar-refractivity contribution >= 4 is 28.6 Å². The maximum Gasteiger partial charge on any atom is 0.262 e. The van der Waals surface area contributed by atoms with Gasteiger partial charge in [0, 0.05) is 13.2 Å². The number of amides is 1. The molecule has 1 saturated heterocycles. The Bertz CT molecular complexity index is 846. The lowest BCUT2D eigenvalue weighted by Crippen LogP contribution is -2.30. The van der Waals surface area contributed by atoms with Gasteiger partial charge < -0.3 is 10.1 Å². The number of para-hydroxylation sites is 1. The molecule has 2 aromatic rings. The Morgan fingerprint density at radius 2 is 2.18 bits per heavy atom. The van der Waals surface area contributed by atoms with E-state index in [9.17, 15) is 9.59 Å². The number of thioether (sulfide) groups is 1. The Labute approximate surface area is 170 Å². The molecule has 7 heteroatoms. The Hall–Kier alpha value is -1.86. The van der Waals surface area contributed by atoms with Gasteiger partial charge in [0.25, 0.3) is 5.56 Å². The Morgan fingerprint density at radius 1 is 1.32 bits per heavy atom. The second-order valence-corrected chi connectivity index (χ2v) is 8.10. The molecule has 152 valence electrons. The van der Waals surface area contributed by atoms with Crippen LogP contribution in [0.4, 0.5) is 0 Å². The van der Waals surface area contributed by atoms with E-state index in [-0.39, 0.29) is 23.3 Å². The summed E-state index contributed by atoms with van der Waals surface area (Å²) in [5.41, 5.74) is 0.599. The number of nitrogens with one attached hydrogen (secondary N) is 1. The van der Waals surface area contributed by atoms with Crippen molar-refractivity contribution in [2.24, 2.45) is 0 Å². The summed E-state index contributed by atoms with van der Waals surface area (Å²) in [7, 11) is 0. The predicted octanol–water partition coefficient (Wildman–Crippen LogP) is 3.36. The molecular weight excluding hydrogens is 374 g/mol. The number of benzene rings is 1. The molecule has 1 aliphatic rings. The minimum absolute atomic E-state index is 0.0208. The van der Waals surface area contributed by atoms with E-state index in [1.807, 2.05) is 18.2 Å². The smallest absolute Gasteiger partial charge is 0.262 e. The number of carbonyl (C=O) groups excluding carboxylic acids is 1. The van der Waals surface area contributed by atoms with E-state index in [2.05, 4.69) is 17.2 Å². The van der Waals surface area contributed by atoms with E-state index in [0.29, 0.717) is 29.1 Å². The molecule has 3 rings (SSSR count). The predicted molar refractivity (Wildman–Crippen MR) is 113 cm³/mol. The first-order chi connectivity index (χ1) is 13.7. The van der Waals surface area contributed by atoms with Crippen molar-refractivity contribution in [3.8, 4) is 0 Å². The number of nitrogens with zero attached hydrogens (tertiary/aromatic N) is 2. The summed E-state index contributed by atoms with van der Waals surface area (Å²) in [6, 6.07) is 7.36. The van der Waals surface area contributed by atoms with Crippen LogP contribution in [-0.2, 0) is 16.1 Å². The summed E-state index contributed by atoms with van der Waals surface area (Å²) in [5, 5.41) is 4.14. The van der Waals surface area contributed by atoms with E-state index in [1.165, 1.54) is 24.6 Å². The molecule has 0 bridgehead atoms. The summed E-state index contributed by atoms with van der Waals surface area (Å²) in [5.74, 6) is 0.233. The number of carbonyl (C=O) groups is 1. The second kappa shape index (κ2) is 10.6. The molecule has 1 aliphatic heterocycles. The summed E-state index contributed by atoms with van der Waals surface area (Å²) >= 11 is 1.32. The number of hydrogen-bond acceptors (Lipinski definition) is 5. The molecule has 0 spiro atoms. The van der Waals surface area contributed by atoms with Crippen LogP contribution >= 0.6 is 11.8 Å². The van der Waals surface area contributed by atoms with Gasteiger partial charge in [-0.1, -0.05) is 50.1 Å². The molecular formula is C21H29N3O3S. The van der Waals surface area contributed by atoms with Crippen LogP contribution in [0.5, 0.6) is 0 Å². The highest BCUT2D eigenvalue weighted by Crippen LogP contribution is 2.20. The molecule has 1 amide bonds. The molecule has 1 aromatic carbocycles. The quantitative estimate of drug-likeness (QED) is 0.374. The maximum atomic E-state index is 13.0. The Kier molecular flexibility index (Phi) is 7.91. The van der Waals surface area contributed by atoms with Gasteiger partial charge in [0.1, 0.15) is 0 Å². The number of ether oxygens (including phenoxy) is 1. The SMILES string of the molecule is CCCCCCNC(=O)CSc1nc2ccccc2c(=O)n1C[C@@H]1CCCO1. The lowest BCUT2D eigenvalue weighted by Gasteiger charge is -2.16. The van der Waals surface area contributed by atoms with E-state index in [1.54, 1.807) is 10.6 Å². The summed E-state index contributed by atoms with van der Waals surface area (Å²) in [6.07, 6.45) is 6.51. The van der Waals surface area contributed by atoms with Crippen molar-refractivity contribution in [1.82, 2.24) is 14.9 Å². The first-order valence-corrected chi connectivity index (χ1v) is 11.2. The number of rotatable bonds is 10. The van der Waals surface area contributed by atoms with Crippen LogP contribution in [0.3, 0.4) is 0 Å². The summed E-state index contributed by atoms with van der Waals surface area (Å²) in [6.45, 7) is 4.09. The number of hydrogen-bond donors (Lipinski definition) is 1. The number of aromatic nitrogens is 2. The zero-order valence-corrected chi connectivity index (χ0v) is 17.3. The van der Waals surface area contributed by atoms with Gasteiger partial charge in [-0.3, -0.25) is 14.2 Å². The van der Waals surface area contributed by atoms with Crippen molar-refractivity contribution in [2.75, 3.05) is 18.9 Å². The minimum Gasteiger partial charge on any atom is -0.376 e. The van der Waals surface area contributed by atoms with Crippen molar-refractivity contribution in [2.45, 2.75) is 63.3 Å². The first-order valence-electron chi connectivity index (χ1n) is 10.2. The molecule has 1 N–H and O–H groups in total. The maximum absolute atomic E-state index is 13.0. The van der Waals surface area contributed by atoms with Crippen molar-refractivity contribution in [3.05, 3.63) is 34.6 Å². The summed E-state index contributed by atoms with van der Waals surface area (Å²) < 4.78 is 7.39. The molecule has 6 nitrogen and oxygen atoms in total. The highest BCUT2D eigenvalue weighted by atomic mass is 32.2. The van der Waals surface area contributed by atoms with E-state index < -0.39 is 0 Å². The van der Waals surface area contributed by atoms with Crippen molar-refractivity contribution in [1.29, 1.82) is 0 Å². The molecule has 1 atom stereocenters. The molecule has 0 saturated carbocycles. The van der Waals surface area contributed by atoms with E-state index >= 15 is 0 Å². The normalized spacial score (nSPS) is 16.5. The third kappa shape index (κ3) is 5.58. The van der Waals surface area contributed by atoms with Gasteiger partial charge in [-0.2, -0.15) is 0 Å². The monoisotopic (exact) mass is 403 g/mol. The van der Waals surface area contributed by atoms with E-state index in [4.69, 9.17) is 4.74 Å². The van der Waals surface area contributed by atoms with Gasteiger partial charge in [-0.05, 0) is 31.4 Å². The van der Waals surface area contributed by atoms with Crippen molar-refractivity contribution in [3.63, 3.8) is 0 Å². The molecule has 1 fully saturated rings. The zero-order chi connectivity index (χ0) is 19.8. The molecule has 0 aliphatic carbocycles. The molecule has 28 heavy (non-hydrogen) atoms.